The monoisotopic (exact) mass is 394 g/mol. The summed E-state index contributed by atoms with van der Waals surface area (Å²) in [4.78, 5) is 13.4. The van der Waals surface area contributed by atoms with E-state index in [0.717, 1.165) is 10.5 Å². The summed E-state index contributed by atoms with van der Waals surface area (Å²) >= 11 is 1.55. The van der Waals surface area contributed by atoms with Gasteiger partial charge >= 0.3 is 0 Å². The molecule has 26 heavy (non-hydrogen) atoms. The van der Waals surface area contributed by atoms with E-state index in [9.17, 15) is 13.2 Å². The lowest BCUT2D eigenvalue weighted by Gasteiger charge is -2.16. The number of ether oxygens (including phenoxy) is 1. The van der Waals surface area contributed by atoms with Crippen LogP contribution < -0.4 is 14.8 Å². The van der Waals surface area contributed by atoms with E-state index < -0.39 is 22.0 Å². The third kappa shape index (κ3) is 5.00. The summed E-state index contributed by atoms with van der Waals surface area (Å²) in [6, 6.07) is 11.2. The third-order valence-electron chi connectivity index (χ3n) is 3.67. The van der Waals surface area contributed by atoms with Crippen molar-refractivity contribution in [1.82, 2.24) is 4.72 Å². The van der Waals surface area contributed by atoms with Crippen LogP contribution in [-0.2, 0) is 14.8 Å². The predicted molar refractivity (Wildman–Crippen MR) is 104 cm³/mol. The molecule has 0 saturated heterocycles. The van der Waals surface area contributed by atoms with Gasteiger partial charge in [0.25, 0.3) is 0 Å². The Morgan fingerprint density at radius 2 is 1.92 bits per heavy atom. The maximum absolute atomic E-state index is 12.7. The summed E-state index contributed by atoms with van der Waals surface area (Å²) in [5, 5.41) is 2.72. The Kier molecular flexibility index (Phi) is 6.69. The Morgan fingerprint density at radius 3 is 2.58 bits per heavy atom. The second-order valence-corrected chi connectivity index (χ2v) is 8.28. The highest BCUT2D eigenvalue weighted by Crippen LogP contribution is 2.25. The average molecular weight is 395 g/mol. The highest BCUT2D eigenvalue weighted by molar-refractivity contribution is 7.98. The molecule has 6 nitrogen and oxygen atoms in total. The molecule has 0 aliphatic heterocycles. The first kappa shape index (κ1) is 20.3. The minimum Gasteiger partial charge on any atom is -0.495 e. The summed E-state index contributed by atoms with van der Waals surface area (Å²) < 4.78 is 32.8. The maximum Gasteiger partial charge on any atom is 0.244 e. The smallest absolute Gasteiger partial charge is 0.244 e. The summed E-state index contributed by atoms with van der Waals surface area (Å²) in [6.07, 6.45) is 1.94. The zero-order valence-electron chi connectivity index (χ0n) is 15.1. The Labute approximate surface area is 158 Å². The van der Waals surface area contributed by atoms with Crippen molar-refractivity contribution in [3.05, 3.63) is 48.0 Å². The molecule has 0 aliphatic rings. The third-order valence-corrected chi connectivity index (χ3v) is 5.96. The van der Waals surface area contributed by atoms with Gasteiger partial charge in [0.15, 0.2) is 0 Å². The number of hydrogen-bond acceptors (Lipinski definition) is 5. The molecular weight excluding hydrogens is 372 g/mol. The Balaban J connectivity index is 2.16. The van der Waals surface area contributed by atoms with Gasteiger partial charge in [0.2, 0.25) is 15.9 Å². The van der Waals surface area contributed by atoms with Crippen LogP contribution >= 0.6 is 11.8 Å². The molecule has 2 aromatic carbocycles. The van der Waals surface area contributed by atoms with Crippen LogP contribution in [0.1, 0.15) is 12.5 Å². The number of nitrogens with one attached hydrogen (secondary N) is 2. The van der Waals surface area contributed by atoms with Crippen LogP contribution in [0.15, 0.2) is 52.3 Å². The number of carbonyl (C=O) groups excluding carboxylic acids is 1. The molecule has 8 heteroatoms. The lowest BCUT2D eigenvalue weighted by atomic mass is 10.2. The molecule has 0 aromatic heterocycles. The van der Waals surface area contributed by atoms with Crippen molar-refractivity contribution in [1.29, 1.82) is 0 Å². The van der Waals surface area contributed by atoms with E-state index in [4.69, 9.17) is 4.74 Å². The number of amides is 1. The van der Waals surface area contributed by atoms with Crippen molar-refractivity contribution in [2.24, 2.45) is 0 Å². The van der Waals surface area contributed by atoms with Crippen molar-refractivity contribution in [3.63, 3.8) is 0 Å². The predicted octanol–water partition coefficient (Wildman–Crippen LogP) is 3.03. The fourth-order valence-corrected chi connectivity index (χ4v) is 4.21. The van der Waals surface area contributed by atoms with Crippen LogP contribution in [0.3, 0.4) is 0 Å². The molecule has 1 amide bonds. The van der Waals surface area contributed by atoms with Crippen molar-refractivity contribution in [2.75, 3.05) is 18.7 Å². The topological polar surface area (TPSA) is 84.5 Å². The number of rotatable bonds is 7. The number of benzene rings is 2. The van der Waals surface area contributed by atoms with E-state index >= 15 is 0 Å². The van der Waals surface area contributed by atoms with Gasteiger partial charge in [-0.3, -0.25) is 4.79 Å². The van der Waals surface area contributed by atoms with Gasteiger partial charge in [0, 0.05) is 10.6 Å². The highest BCUT2D eigenvalue weighted by Gasteiger charge is 2.25. The standard InChI is InChI=1S/C18H22N2O4S2/c1-12-8-9-16(24-3)17(10-12)26(22,23)20-13(2)18(21)19-14-6-5-7-15(11-14)25-4/h5-11,13,20H,1-4H3,(H,19,21)/t13-/m1/s1. The molecule has 0 fully saturated rings. The van der Waals surface area contributed by atoms with Gasteiger partial charge in [-0.05, 0) is 56.0 Å². The van der Waals surface area contributed by atoms with E-state index in [1.54, 1.807) is 36.9 Å². The number of sulfonamides is 1. The molecule has 0 heterocycles. The Bertz CT molecular complexity index is 898. The van der Waals surface area contributed by atoms with Gasteiger partial charge in [0.05, 0.1) is 13.2 Å². The van der Waals surface area contributed by atoms with Crippen molar-refractivity contribution >= 4 is 33.4 Å². The van der Waals surface area contributed by atoms with Gasteiger partial charge in [-0.2, -0.15) is 4.72 Å². The molecule has 0 spiro atoms. The average Bonchev–Trinajstić information content (AvgIpc) is 2.61. The fourth-order valence-electron chi connectivity index (χ4n) is 2.29. The molecule has 2 N–H and O–H groups in total. The largest absolute Gasteiger partial charge is 0.495 e. The first-order chi connectivity index (χ1) is 12.3. The lowest BCUT2D eigenvalue weighted by molar-refractivity contribution is -0.117. The maximum atomic E-state index is 12.7. The number of carbonyl (C=O) groups is 1. The van der Waals surface area contributed by atoms with Crippen LogP contribution in [0.25, 0.3) is 0 Å². The van der Waals surface area contributed by atoms with E-state index in [1.807, 2.05) is 24.5 Å². The molecule has 0 unspecified atom stereocenters. The first-order valence-electron chi connectivity index (χ1n) is 7.88. The van der Waals surface area contributed by atoms with Gasteiger partial charge in [-0.1, -0.05) is 12.1 Å². The second-order valence-electron chi connectivity index (χ2n) is 5.72. The van der Waals surface area contributed by atoms with Gasteiger partial charge in [-0.25, -0.2) is 8.42 Å². The van der Waals surface area contributed by atoms with Crippen molar-refractivity contribution in [2.45, 2.75) is 29.7 Å². The quantitative estimate of drug-likeness (QED) is 0.705. The van der Waals surface area contributed by atoms with Gasteiger partial charge in [0.1, 0.15) is 10.6 Å². The summed E-state index contributed by atoms with van der Waals surface area (Å²) in [5.41, 5.74) is 1.39. The zero-order chi connectivity index (χ0) is 19.3. The molecule has 2 rings (SSSR count). The molecule has 0 saturated carbocycles. The minimum atomic E-state index is -3.91. The summed E-state index contributed by atoms with van der Waals surface area (Å²) in [5.74, 6) is -0.221. The molecule has 140 valence electrons. The Morgan fingerprint density at radius 1 is 1.19 bits per heavy atom. The fraction of sp³-hybridized carbons (Fsp3) is 0.278. The lowest BCUT2D eigenvalue weighted by Crippen LogP contribution is -2.41. The Hall–Kier alpha value is -2.03. The van der Waals surface area contributed by atoms with Crippen LogP contribution in [0.4, 0.5) is 5.69 Å². The number of methoxy groups -OCH3 is 1. The van der Waals surface area contributed by atoms with E-state index in [1.165, 1.54) is 20.1 Å². The zero-order valence-corrected chi connectivity index (χ0v) is 16.7. The molecule has 2 aromatic rings. The van der Waals surface area contributed by atoms with Gasteiger partial charge in [-0.15, -0.1) is 11.8 Å². The second kappa shape index (κ2) is 8.57. The van der Waals surface area contributed by atoms with Crippen LogP contribution in [0.5, 0.6) is 5.75 Å². The van der Waals surface area contributed by atoms with Crippen LogP contribution in [0, 0.1) is 6.92 Å². The normalized spacial score (nSPS) is 12.5. The molecule has 0 aliphatic carbocycles. The molecule has 0 bridgehead atoms. The molecule has 0 radical (unpaired) electrons. The summed E-state index contributed by atoms with van der Waals surface area (Å²) in [6.45, 7) is 3.28. The van der Waals surface area contributed by atoms with E-state index in [2.05, 4.69) is 10.0 Å². The van der Waals surface area contributed by atoms with E-state index in [0.29, 0.717) is 5.69 Å². The summed E-state index contributed by atoms with van der Waals surface area (Å²) in [7, 11) is -2.51. The minimum absolute atomic E-state index is 0.00373. The number of aryl methyl sites for hydroxylation is 1. The molecule has 1 atom stereocenters. The molecular formula is C18H22N2O4S2. The van der Waals surface area contributed by atoms with Gasteiger partial charge < -0.3 is 10.1 Å². The van der Waals surface area contributed by atoms with Crippen molar-refractivity contribution in [3.8, 4) is 5.75 Å². The number of anilines is 1. The highest BCUT2D eigenvalue weighted by atomic mass is 32.2. The van der Waals surface area contributed by atoms with Crippen molar-refractivity contribution < 1.29 is 17.9 Å². The first-order valence-corrected chi connectivity index (χ1v) is 10.6. The van der Waals surface area contributed by atoms with Crippen LogP contribution in [0.2, 0.25) is 0 Å². The van der Waals surface area contributed by atoms with E-state index in [-0.39, 0.29) is 10.6 Å². The van der Waals surface area contributed by atoms with Crippen LogP contribution in [-0.4, -0.2) is 33.7 Å². The number of thioether (sulfide) groups is 1. The SMILES string of the molecule is COc1ccc(C)cc1S(=O)(=O)N[C@H](C)C(=O)Nc1cccc(SC)c1. The number of hydrogen-bond donors (Lipinski definition) is 2.